The van der Waals surface area contributed by atoms with Crippen LogP contribution in [0.25, 0.3) is 22.3 Å². The molecule has 4 aromatic rings. The Morgan fingerprint density at radius 1 is 1.16 bits per heavy atom. The lowest BCUT2D eigenvalue weighted by Gasteiger charge is -2.12. The zero-order chi connectivity index (χ0) is 21.5. The molecule has 0 saturated heterocycles. The monoisotopic (exact) mass is 413 g/mol. The van der Waals surface area contributed by atoms with Crippen molar-refractivity contribution < 1.29 is 4.79 Å². The number of carbonyl (C=O) groups is 1. The number of benzene rings is 1. The second-order valence-electron chi connectivity index (χ2n) is 7.83. The summed E-state index contributed by atoms with van der Waals surface area (Å²) in [5.41, 5.74) is 4.01. The smallest absolute Gasteiger partial charge is 0.261 e. The molecule has 31 heavy (non-hydrogen) atoms. The quantitative estimate of drug-likeness (QED) is 0.552. The van der Waals surface area contributed by atoms with Crippen LogP contribution in [0.15, 0.2) is 53.6 Å². The van der Waals surface area contributed by atoms with E-state index in [1.165, 1.54) is 0 Å². The summed E-state index contributed by atoms with van der Waals surface area (Å²) >= 11 is 0. The second-order valence-corrected chi connectivity index (χ2v) is 7.83. The number of imidazole rings is 1. The minimum absolute atomic E-state index is 0.109. The first kappa shape index (κ1) is 19.2. The molecule has 156 valence electrons. The van der Waals surface area contributed by atoms with Crippen LogP contribution in [-0.2, 0) is 19.5 Å². The van der Waals surface area contributed by atoms with E-state index >= 15 is 0 Å². The Morgan fingerprint density at radius 3 is 2.74 bits per heavy atom. The van der Waals surface area contributed by atoms with Crippen LogP contribution in [0.3, 0.4) is 0 Å². The van der Waals surface area contributed by atoms with Crippen molar-refractivity contribution in [2.75, 3.05) is 5.32 Å². The van der Waals surface area contributed by atoms with Crippen molar-refractivity contribution in [3.05, 3.63) is 76.1 Å². The molecule has 0 fully saturated rings. The standard InChI is InChI=1S/C24H23N5O2/c1-3-28-14-19(22(30)18-11-6-15(2)26-23(18)28)24(31)27-17-9-7-16(8-10-17)20-13-25-21-5-4-12-29(20)21/h6-11,13-14H,3-5,12H2,1-2H3,(H,27,31). The summed E-state index contributed by atoms with van der Waals surface area (Å²) in [5, 5.41) is 3.31. The molecule has 3 aromatic heterocycles. The molecule has 0 saturated carbocycles. The molecule has 0 spiro atoms. The van der Waals surface area contributed by atoms with Gasteiger partial charge < -0.3 is 14.5 Å². The van der Waals surface area contributed by atoms with Crippen LogP contribution in [0, 0.1) is 6.92 Å². The van der Waals surface area contributed by atoms with Gasteiger partial charge in [-0.3, -0.25) is 9.59 Å². The van der Waals surface area contributed by atoms with Gasteiger partial charge in [0.1, 0.15) is 17.0 Å². The van der Waals surface area contributed by atoms with Crippen molar-refractivity contribution in [1.29, 1.82) is 0 Å². The molecule has 1 aliphatic heterocycles. The van der Waals surface area contributed by atoms with Crippen molar-refractivity contribution in [2.24, 2.45) is 0 Å². The number of pyridine rings is 2. The molecule has 1 aliphatic rings. The third kappa shape index (κ3) is 3.32. The Morgan fingerprint density at radius 2 is 1.97 bits per heavy atom. The summed E-state index contributed by atoms with van der Waals surface area (Å²) in [6, 6.07) is 11.2. The molecule has 0 unspecified atom stereocenters. The molecule has 1 aromatic carbocycles. The number of nitrogens with zero attached hydrogens (tertiary/aromatic N) is 4. The molecule has 0 atom stereocenters. The van der Waals surface area contributed by atoms with Gasteiger partial charge in [0, 0.05) is 37.1 Å². The van der Waals surface area contributed by atoms with E-state index in [2.05, 4.69) is 19.9 Å². The van der Waals surface area contributed by atoms with Gasteiger partial charge >= 0.3 is 0 Å². The fourth-order valence-electron chi connectivity index (χ4n) is 4.17. The van der Waals surface area contributed by atoms with Crippen molar-refractivity contribution in [2.45, 2.75) is 39.8 Å². The second kappa shape index (κ2) is 7.50. The molecule has 7 nitrogen and oxygen atoms in total. The number of anilines is 1. The fourth-order valence-corrected chi connectivity index (χ4v) is 4.17. The van der Waals surface area contributed by atoms with Gasteiger partial charge in [-0.05, 0) is 50.1 Å². The number of aromatic nitrogens is 4. The van der Waals surface area contributed by atoms with Crippen molar-refractivity contribution in [1.82, 2.24) is 19.1 Å². The van der Waals surface area contributed by atoms with Gasteiger partial charge in [-0.1, -0.05) is 12.1 Å². The van der Waals surface area contributed by atoms with Crippen LogP contribution in [0.1, 0.15) is 35.2 Å². The van der Waals surface area contributed by atoms with E-state index in [0.29, 0.717) is 23.3 Å². The first-order valence-corrected chi connectivity index (χ1v) is 10.5. The molecular formula is C24H23N5O2. The van der Waals surface area contributed by atoms with Gasteiger partial charge in [-0.2, -0.15) is 0 Å². The third-order valence-corrected chi connectivity index (χ3v) is 5.80. The summed E-state index contributed by atoms with van der Waals surface area (Å²) in [5.74, 6) is 0.702. The number of fused-ring (bicyclic) bond motifs is 2. The maximum atomic E-state index is 12.9. The van der Waals surface area contributed by atoms with Crippen LogP contribution in [0.5, 0.6) is 0 Å². The van der Waals surface area contributed by atoms with E-state index in [1.807, 2.05) is 48.9 Å². The first-order chi connectivity index (χ1) is 15.0. The molecule has 0 bridgehead atoms. The number of hydrogen-bond donors (Lipinski definition) is 1. The highest BCUT2D eigenvalue weighted by molar-refractivity contribution is 6.05. The number of aryl methyl sites for hydroxylation is 3. The largest absolute Gasteiger partial charge is 0.332 e. The van der Waals surface area contributed by atoms with Crippen LogP contribution >= 0.6 is 0 Å². The Labute approximate surface area is 179 Å². The lowest BCUT2D eigenvalue weighted by Crippen LogP contribution is -2.24. The summed E-state index contributed by atoms with van der Waals surface area (Å²) in [6.07, 6.45) is 5.64. The maximum Gasteiger partial charge on any atom is 0.261 e. The van der Waals surface area contributed by atoms with Gasteiger partial charge in [-0.25, -0.2) is 9.97 Å². The van der Waals surface area contributed by atoms with Crippen LogP contribution < -0.4 is 10.7 Å². The lowest BCUT2D eigenvalue weighted by molar-refractivity contribution is 0.102. The maximum absolute atomic E-state index is 12.9. The molecule has 4 heterocycles. The zero-order valence-electron chi connectivity index (χ0n) is 17.6. The first-order valence-electron chi connectivity index (χ1n) is 10.5. The Kier molecular flexibility index (Phi) is 4.66. The SMILES string of the molecule is CCn1cc(C(=O)Nc2ccc(-c3cnc4n3CCC4)cc2)c(=O)c2ccc(C)nc21. The third-order valence-electron chi connectivity index (χ3n) is 5.80. The van der Waals surface area contributed by atoms with Crippen LogP contribution in [0.4, 0.5) is 5.69 Å². The van der Waals surface area contributed by atoms with Crippen LogP contribution in [-0.4, -0.2) is 25.0 Å². The van der Waals surface area contributed by atoms with Crippen molar-refractivity contribution in [3.8, 4) is 11.3 Å². The number of hydrogen-bond acceptors (Lipinski definition) is 4. The Bertz CT molecular complexity index is 1370. The normalized spacial score (nSPS) is 12.8. The van der Waals surface area contributed by atoms with Gasteiger partial charge in [0.05, 0.1) is 17.3 Å². The van der Waals surface area contributed by atoms with Crippen molar-refractivity contribution >= 4 is 22.6 Å². The number of nitrogens with one attached hydrogen (secondary N) is 1. The zero-order valence-corrected chi connectivity index (χ0v) is 17.6. The highest BCUT2D eigenvalue weighted by atomic mass is 16.2. The average molecular weight is 413 g/mol. The van der Waals surface area contributed by atoms with E-state index in [9.17, 15) is 9.59 Å². The summed E-state index contributed by atoms with van der Waals surface area (Å²) < 4.78 is 4.08. The highest BCUT2D eigenvalue weighted by Gasteiger charge is 2.18. The molecule has 1 N–H and O–H groups in total. The lowest BCUT2D eigenvalue weighted by atomic mass is 10.1. The van der Waals surface area contributed by atoms with E-state index in [0.717, 1.165) is 42.2 Å². The molecule has 7 heteroatoms. The fraction of sp³-hybridized carbons (Fsp3) is 0.250. The Balaban J connectivity index is 1.44. The number of rotatable bonds is 4. The predicted octanol–water partition coefficient (Wildman–Crippen LogP) is 3.79. The molecule has 1 amide bonds. The Hall–Kier alpha value is -3.74. The van der Waals surface area contributed by atoms with E-state index in [-0.39, 0.29) is 11.0 Å². The average Bonchev–Trinajstić information content (AvgIpc) is 3.39. The molecule has 0 aliphatic carbocycles. The topological polar surface area (TPSA) is 81.8 Å². The summed E-state index contributed by atoms with van der Waals surface area (Å²) in [7, 11) is 0. The van der Waals surface area contributed by atoms with Crippen LogP contribution in [0.2, 0.25) is 0 Å². The highest BCUT2D eigenvalue weighted by Crippen LogP contribution is 2.26. The summed E-state index contributed by atoms with van der Waals surface area (Å²) in [6.45, 7) is 5.44. The number of amides is 1. The minimum Gasteiger partial charge on any atom is -0.332 e. The molecule has 0 radical (unpaired) electrons. The van der Waals surface area contributed by atoms with Gasteiger partial charge in [0.25, 0.3) is 5.91 Å². The van der Waals surface area contributed by atoms with Gasteiger partial charge in [0.2, 0.25) is 5.43 Å². The van der Waals surface area contributed by atoms with Crippen molar-refractivity contribution in [3.63, 3.8) is 0 Å². The van der Waals surface area contributed by atoms with Gasteiger partial charge in [-0.15, -0.1) is 0 Å². The van der Waals surface area contributed by atoms with E-state index < -0.39 is 5.91 Å². The predicted molar refractivity (Wildman–Crippen MR) is 120 cm³/mol. The van der Waals surface area contributed by atoms with E-state index in [4.69, 9.17) is 0 Å². The summed E-state index contributed by atoms with van der Waals surface area (Å²) in [4.78, 5) is 34.8. The molecular weight excluding hydrogens is 390 g/mol. The van der Waals surface area contributed by atoms with E-state index in [1.54, 1.807) is 18.3 Å². The van der Waals surface area contributed by atoms with Gasteiger partial charge in [0.15, 0.2) is 0 Å². The molecule has 5 rings (SSSR count). The number of carbonyl (C=O) groups excluding carboxylic acids is 1. The minimum atomic E-state index is -0.423.